The van der Waals surface area contributed by atoms with Crippen LogP contribution in [0.5, 0.6) is 0 Å². The second kappa shape index (κ2) is 5.45. The molecule has 0 aromatic heterocycles. The van der Waals surface area contributed by atoms with E-state index in [-0.39, 0.29) is 5.82 Å². The summed E-state index contributed by atoms with van der Waals surface area (Å²) in [6.45, 7) is 6.02. The second-order valence-corrected chi connectivity index (χ2v) is 5.42. The predicted molar refractivity (Wildman–Crippen MR) is 74.9 cm³/mol. The molecule has 0 amide bonds. The van der Waals surface area contributed by atoms with Gasteiger partial charge in [0.15, 0.2) is 0 Å². The lowest BCUT2D eigenvalue weighted by molar-refractivity contribution is 0.169. The maximum atomic E-state index is 14.1. The summed E-state index contributed by atoms with van der Waals surface area (Å²) in [5.74, 6) is 0.180. The van der Waals surface area contributed by atoms with Crippen LogP contribution in [0.1, 0.15) is 19.4 Å². The van der Waals surface area contributed by atoms with Gasteiger partial charge in [-0.2, -0.15) is 0 Å². The number of rotatable bonds is 2. The molecule has 0 aliphatic carbocycles. The van der Waals surface area contributed by atoms with Gasteiger partial charge in [-0.15, -0.1) is 11.6 Å². The number of halogens is 2. The van der Waals surface area contributed by atoms with Crippen molar-refractivity contribution < 1.29 is 4.39 Å². The number of likely N-dealkylation sites (N-methyl/N-ethyl adjacent to an activating group) is 1. The molecule has 1 aliphatic heterocycles. The highest BCUT2D eigenvalue weighted by molar-refractivity contribution is 6.17. The number of alkyl halides is 1. The van der Waals surface area contributed by atoms with Crippen LogP contribution in [-0.4, -0.2) is 37.1 Å². The summed E-state index contributed by atoms with van der Waals surface area (Å²) >= 11 is 5.92. The lowest BCUT2D eigenvalue weighted by Gasteiger charge is -2.44. The molecule has 1 aromatic carbocycles. The van der Waals surface area contributed by atoms with Crippen molar-refractivity contribution in [2.24, 2.45) is 0 Å². The van der Waals surface area contributed by atoms with Crippen molar-refractivity contribution in [2.75, 3.05) is 25.0 Å². The molecule has 0 saturated carbocycles. The van der Waals surface area contributed by atoms with Crippen LogP contribution in [0.15, 0.2) is 18.2 Å². The zero-order valence-corrected chi connectivity index (χ0v) is 11.9. The maximum Gasteiger partial charge on any atom is 0.146 e. The molecule has 1 aliphatic rings. The molecule has 2 unspecified atom stereocenters. The van der Waals surface area contributed by atoms with E-state index in [9.17, 15) is 4.39 Å². The Kier molecular flexibility index (Phi) is 4.13. The van der Waals surface area contributed by atoms with Crippen molar-refractivity contribution in [3.05, 3.63) is 29.6 Å². The predicted octanol–water partition coefficient (Wildman–Crippen LogP) is 3.09. The van der Waals surface area contributed by atoms with Crippen molar-refractivity contribution in [2.45, 2.75) is 31.8 Å². The lowest BCUT2D eigenvalue weighted by atomic mass is 10.1. The van der Waals surface area contributed by atoms with Crippen molar-refractivity contribution in [3.8, 4) is 0 Å². The molecule has 1 aromatic rings. The average Bonchev–Trinajstić information content (AvgIpc) is 2.35. The molecule has 1 fully saturated rings. The zero-order chi connectivity index (χ0) is 13.3. The van der Waals surface area contributed by atoms with Gasteiger partial charge in [0.1, 0.15) is 5.82 Å². The third-order valence-corrected chi connectivity index (χ3v) is 4.18. The molecule has 0 N–H and O–H groups in total. The molecule has 1 saturated heterocycles. The minimum atomic E-state index is -0.169. The molecule has 2 atom stereocenters. The zero-order valence-electron chi connectivity index (χ0n) is 11.2. The summed E-state index contributed by atoms with van der Waals surface area (Å²) in [7, 11) is 2.12. The summed E-state index contributed by atoms with van der Waals surface area (Å²) in [5, 5.41) is 0. The van der Waals surface area contributed by atoms with Crippen LogP contribution in [0, 0.1) is 5.82 Å². The maximum absolute atomic E-state index is 14.1. The minimum Gasteiger partial charge on any atom is -0.366 e. The van der Waals surface area contributed by atoms with Gasteiger partial charge in [0, 0.05) is 31.1 Å². The standard InChI is InChI=1S/C14H20ClFN2/c1-10-8-18(9-11(2)17(10)3)14-12(7-15)5-4-6-13(14)16/h4-6,10-11H,7-9H2,1-3H3. The smallest absolute Gasteiger partial charge is 0.146 e. The summed E-state index contributed by atoms with van der Waals surface area (Å²) in [5.41, 5.74) is 1.56. The molecule has 0 radical (unpaired) electrons. The summed E-state index contributed by atoms with van der Waals surface area (Å²) in [4.78, 5) is 4.46. The van der Waals surface area contributed by atoms with E-state index in [1.54, 1.807) is 6.07 Å². The fourth-order valence-electron chi connectivity index (χ4n) is 2.61. The van der Waals surface area contributed by atoms with Gasteiger partial charge in [-0.05, 0) is 32.5 Å². The van der Waals surface area contributed by atoms with E-state index < -0.39 is 0 Å². The summed E-state index contributed by atoms with van der Waals surface area (Å²) in [6, 6.07) is 5.96. The first kappa shape index (κ1) is 13.6. The van der Waals surface area contributed by atoms with Crippen molar-refractivity contribution in [1.82, 2.24) is 4.90 Å². The quantitative estimate of drug-likeness (QED) is 0.762. The highest BCUT2D eigenvalue weighted by atomic mass is 35.5. The Morgan fingerprint density at radius 2 is 1.89 bits per heavy atom. The van der Waals surface area contributed by atoms with E-state index in [1.807, 2.05) is 6.07 Å². The molecule has 2 nitrogen and oxygen atoms in total. The van der Waals surface area contributed by atoms with Crippen LogP contribution in [0.25, 0.3) is 0 Å². The number of anilines is 1. The normalized spacial score (nSPS) is 25.5. The largest absolute Gasteiger partial charge is 0.366 e. The Bertz CT molecular complexity index is 412. The third-order valence-electron chi connectivity index (χ3n) is 3.89. The van der Waals surface area contributed by atoms with Crippen molar-refractivity contribution in [3.63, 3.8) is 0 Å². The minimum absolute atomic E-state index is 0.169. The van der Waals surface area contributed by atoms with Gasteiger partial charge in [-0.1, -0.05) is 12.1 Å². The number of nitrogens with zero attached hydrogens (tertiary/aromatic N) is 2. The molecule has 18 heavy (non-hydrogen) atoms. The number of benzene rings is 1. The van der Waals surface area contributed by atoms with E-state index >= 15 is 0 Å². The molecule has 1 heterocycles. The van der Waals surface area contributed by atoms with Crippen LogP contribution in [0.3, 0.4) is 0 Å². The third kappa shape index (κ3) is 2.47. The molecular formula is C14H20ClFN2. The van der Waals surface area contributed by atoms with E-state index in [2.05, 4.69) is 30.7 Å². The van der Waals surface area contributed by atoms with Crippen LogP contribution < -0.4 is 4.90 Å². The Labute approximate surface area is 113 Å². The Hall–Kier alpha value is -0.800. The van der Waals surface area contributed by atoms with Crippen LogP contribution in [0.2, 0.25) is 0 Å². The number of para-hydroxylation sites is 1. The fourth-order valence-corrected chi connectivity index (χ4v) is 2.82. The van der Waals surface area contributed by atoms with Gasteiger partial charge in [0.25, 0.3) is 0 Å². The van der Waals surface area contributed by atoms with E-state index in [1.165, 1.54) is 6.07 Å². The molecule has 0 bridgehead atoms. The molecule has 100 valence electrons. The van der Waals surface area contributed by atoms with Gasteiger partial charge >= 0.3 is 0 Å². The van der Waals surface area contributed by atoms with Gasteiger partial charge in [0.05, 0.1) is 5.69 Å². The molecular weight excluding hydrogens is 251 g/mol. The lowest BCUT2D eigenvalue weighted by Crippen LogP contribution is -2.55. The molecule has 4 heteroatoms. The fraction of sp³-hybridized carbons (Fsp3) is 0.571. The number of piperazine rings is 1. The summed E-state index contributed by atoms with van der Waals surface area (Å²) < 4.78 is 14.1. The van der Waals surface area contributed by atoms with Gasteiger partial charge in [-0.25, -0.2) is 4.39 Å². The van der Waals surface area contributed by atoms with Crippen molar-refractivity contribution >= 4 is 17.3 Å². The molecule has 0 spiro atoms. The van der Waals surface area contributed by atoms with Crippen LogP contribution >= 0.6 is 11.6 Å². The first-order valence-corrected chi connectivity index (χ1v) is 6.88. The highest BCUT2D eigenvalue weighted by Gasteiger charge is 2.28. The monoisotopic (exact) mass is 270 g/mol. The Morgan fingerprint density at radius 3 is 2.44 bits per heavy atom. The average molecular weight is 271 g/mol. The van der Waals surface area contributed by atoms with Crippen LogP contribution in [0.4, 0.5) is 10.1 Å². The first-order chi connectivity index (χ1) is 8.54. The first-order valence-electron chi connectivity index (χ1n) is 6.34. The van der Waals surface area contributed by atoms with Crippen molar-refractivity contribution in [1.29, 1.82) is 0 Å². The van der Waals surface area contributed by atoms with E-state index in [4.69, 9.17) is 11.6 Å². The van der Waals surface area contributed by atoms with Gasteiger partial charge in [0.2, 0.25) is 0 Å². The molecule has 2 rings (SSSR count). The highest BCUT2D eigenvalue weighted by Crippen LogP contribution is 2.29. The number of hydrogen-bond donors (Lipinski definition) is 0. The summed E-state index contributed by atoms with van der Waals surface area (Å²) in [6.07, 6.45) is 0. The van der Waals surface area contributed by atoms with E-state index in [0.717, 1.165) is 18.7 Å². The Balaban J connectivity index is 2.32. The SMILES string of the molecule is CC1CN(c2c(F)cccc2CCl)CC(C)N1C. The topological polar surface area (TPSA) is 6.48 Å². The van der Waals surface area contributed by atoms with E-state index in [0.29, 0.717) is 23.7 Å². The van der Waals surface area contributed by atoms with Crippen LogP contribution in [-0.2, 0) is 5.88 Å². The van der Waals surface area contributed by atoms with Gasteiger partial charge in [-0.3, -0.25) is 4.90 Å². The Morgan fingerprint density at radius 1 is 1.28 bits per heavy atom. The second-order valence-electron chi connectivity index (χ2n) is 5.15. The van der Waals surface area contributed by atoms with Gasteiger partial charge < -0.3 is 4.90 Å². The number of hydrogen-bond acceptors (Lipinski definition) is 2.